The molecule has 3 nitrogen and oxygen atoms in total. The van der Waals surface area contributed by atoms with Crippen LogP contribution in [0.2, 0.25) is 0 Å². The van der Waals surface area contributed by atoms with Crippen LogP contribution in [-0.2, 0) is 0 Å². The third-order valence-corrected chi connectivity index (χ3v) is 9.56. The van der Waals surface area contributed by atoms with E-state index in [4.69, 9.17) is 15.0 Å². The van der Waals surface area contributed by atoms with Crippen molar-refractivity contribution in [3.8, 4) is 67.2 Å². The molecule has 51 heavy (non-hydrogen) atoms. The van der Waals surface area contributed by atoms with Gasteiger partial charge in [-0.2, -0.15) is 0 Å². The summed E-state index contributed by atoms with van der Waals surface area (Å²) in [5, 5.41) is 2.20. The first-order valence-electron chi connectivity index (χ1n) is 17.3. The highest BCUT2D eigenvalue weighted by atomic mass is 14.8. The maximum Gasteiger partial charge on any atom is 0.0978 e. The van der Waals surface area contributed by atoms with Crippen LogP contribution in [0, 0.1) is 6.92 Å². The molecule has 0 spiro atoms. The Kier molecular flexibility index (Phi) is 7.71. The Morgan fingerprint density at radius 2 is 0.765 bits per heavy atom. The van der Waals surface area contributed by atoms with Gasteiger partial charge in [-0.05, 0) is 64.6 Å². The zero-order chi connectivity index (χ0) is 34.1. The summed E-state index contributed by atoms with van der Waals surface area (Å²) < 4.78 is 0. The molecule has 3 aromatic heterocycles. The van der Waals surface area contributed by atoms with Gasteiger partial charge in [0.1, 0.15) is 0 Å². The van der Waals surface area contributed by atoms with Gasteiger partial charge in [0, 0.05) is 33.2 Å². The van der Waals surface area contributed by atoms with Crippen LogP contribution in [0.15, 0.2) is 182 Å². The van der Waals surface area contributed by atoms with Crippen molar-refractivity contribution in [2.24, 2.45) is 0 Å². The SMILES string of the molecule is Cc1ccc2ccc3c(-c4ccccc4)cc(-c4ccc(-c5ccc(-c6cc(-c7ccccc7)cc(-c7ccccc7)n6)cc5)cc4)nc3c2n1. The summed E-state index contributed by atoms with van der Waals surface area (Å²) in [4.78, 5) is 15.3. The molecule has 0 aliphatic rings. The minimum absolute atomic E-state index is 0.924. The largest absolute Gasteiger partial charge is 0.251 e. The molecule has 0 saturated heterocycles. The number of hydrogen-bond donors (Lipinski definition) is 0. The molecule has 0 atom stereocenters. The zero-order valence-electron chi connectivity index (χ0n) is 28.2. The van der Waals surface area contributed by atoms with Crippen LogP contribution in [0.5, 0.6) is 0 Å². The number of fused-ring (bicyclic) bond motifs is 3. The molecule has 0 aliphatic carbocycles. The van der Waals surface area contributed by atoms with Crippen LogP contribution in [-0.4, -0.2) is 15.0 Å². The molecule has 6 aromatic carbocycles. The quantitative estimate of drug-likeness (QED) is 0.168. The van der Waals surface area contributed by atoms with Gasteiger partial charge in [0.2, 0.25) is 0 Å². The third-order valence-electron chi connectivity index (χ3n) is 9.56. The molecular weight excluding hydrogens is 619 g/mol. The van der Waals surface area contributed by atoms with E-state index in [-0.39, 0.29) is 0 Å². The second-order valence-corrected chi connectivity index (χ2v) is 12.9. The lowest BCUT2D eigenvalue weighted by Crippen LogP contribution is -1.93. The van der Waals surface area contributed by atoms with Gasteiger partial charge < -0.3 is 0 Å². The number of rotatable bonds is 6. The maximum absolute atomic E-state index is 5.24. The fraction of sp³-hybridized carbons (Fsp3) is 0.0208. The van der Waals surface area contributed by atoms with E-state index in [9.17, 15) is 0 Å². The second kappa shape index (κ2) is 13.0. The zero-order valence-corrected chi connectivity index (χ0v) is 28.2. The lowest BCUT2D eigenvalue weighted by molar-refractivity contribution is 1.25. The van der Waals surface area contributed by atoms with Gasteiger partial charge in [-0.25, -0.2) is 9.97 Å². The highest BCUT2D eigenvalue weighted by Crippen LogP contribution is 2.36. The maximum atomic E-state index is 5.24. The van der Waals surface area contributed by atoms with Gasteiger partial charge >= 0.3 is 0 Å². The average molecular weight is 652 g/mol. The predicted molar refractivity (Wildman–Crippen MR) is 212 cm³/mol. The van der Waals surface area contributed by atoms with Crippen molar-refractivity contribution in [2.45, 2.75) is 6.92 Å². The fourth-order valence-corrected chi connectivity index (χ4v) is 6.87. The first-order chi connectivity index (χ1) is 25.2. The van der Waals surface area contributed by atoms with E-state index < -0.39 is 0 Å². The van der Waals surface area contributed by atoms with Crippen LogP contribution in [0.25, 0.3) is 89.0 Å². The van der Waals surface area contributed by atoms with Crippen LogP contribution in [0.1, 0.15) is 5.69 Å². The number of hydrogen-bond acceptors (Lipinski definition) is 3. The van der Waals surface area contributed by atoms with E-state index in [1.165, 1.54) is 5.56 Å². The summed E-state index contributed by atoms with van der Waals surface area (Å²) in [5.74, 6) is 0. The van der Waals surface area contributed by atoms with Crippen molar-refractivity contribution in [1.29, 1.82) is 0 Å². The molecule has 240 valence electrons. The topological polar surface area (TPSA) is 38.7 Å². The predicted octanol–water partition coefficient (Wildman–Crippen LogP) is 12.5. The Labute approximate surface area is 297 Å². The Balaban J connectivity index is 1.07. The summed E-state index contributed by atoms with van der Waals surface area (Å²) >= 11 is 0. The van der Waals surface area contributed by atoms with E-state index in [0.29, 0.717) is 0 Å². The summed E-state index contributed by atoms with van der Waals surface area (Å²) in [5.41, 5.74) is 15.9. The molecule has 0 radical (unpaired) electrons. The number of nitrogens with zero attached hydrogens (tertiary/aromatic N) is 3. The molecule has 3 heterocycles. The van der Waals surface area contributed by atoms with Crippen molar-refractivity contribution < 1.29 is 0 Å². The number of benzene rings is 6. The lowest BCUT2D eigenvalue weighted by Gasteiger charge is -2.13. The standard InChI is InChI=1S/C48H33N3/c1-32-17-18-40-27-28-42-43(36-13-7-3-8-14-36)31-46(51-48(42)47(40)49-32)39-25-21-35(22-26-39)34-19-23-38(24-20-34)45-30-41(33-11-5-2-6-12-33)29-44(50-45)37-15-9-4-10-16-37/h2-31H,1H3. The van der Waals surface area contributed by atoms with Gasteiger partial charge in [0.05, 0.1) is 28.1 Å². The van der Waals surface area contributed by atoms with Crippen molar-refractivity contribution in [2.75, 3.05) is 0 Å². The van der Waals surface area contributed by atoms with Crippen molar-refractivity contribution in [3.05, 3.63) is 188 Å². The molecular formula is C48H33N3. The van der Waals surface area contributed by atoms with E-state index >= 15 is 0 Å². The average Bonchev–Trinajstić information content (AvgIpc) is 3.21. The van der Waals surface area contributed by atoms with Crippen molar-refractivity contribution >= 4 is 21.8 Å². The number of aryl methyl sites for hydroxylation is 1. The highest BCUT2D eigenvalue weighted by Gasteiger charge is 2.14. The van der Waals surface area contributed by atoms with Crippen LogP contribution in [0.3, 0.4) is 0 Å². The van der Waals surface area contributed by atoms with E-state index in [2.05, 4.69) is 176 Å². The monoisotopic (exact) mass is 651 g/mol. The normalized spacial score (nSPS) is 11.2. The Morgan fingerprint density at radius 3 is 1.35 bits per heavy atom. The third kappa shape index (κ3) is 5.96. The first kappa shape index (κ1) is 30.4. The summed E-state index contributed by atoms with van der Waals surface area (Å²) in [7, 11) is 0. The molecule has 0 saturated carbocycles. The number of pyridine rings is 3. The molecule has 0 fully saturated rings. The second-order valence-electron chi connectivity index (χ2n) is 12.9. The smallest absolute Gasteiger partial charge is 0.0978 e. The van der Waals surface area contributed by atoms with Gasteiger partial charge in [-0.15, -0.1) is 0 Å². The van der Waals surface area contributed by atoms with Crippen LogP contribution < -0.4 is 0 Å². The molecule has 3 heteroatoms. The molecule has 0 unspecified atom stereocenters. The van der Waals surface area contributed by atoms with Gasteiger partial charge in [0.25, 0.3) is 0 Å². The molecule has 9 rings (SSSR count). The molecule has 0 aliphatic heterocycles. The number of aromatic nitrogens is 3. The van der Waals surface area contributed by atoms with E-state index in [1.807, 2.05) is 13.0 Å². The molecule has 0 amide bonds. The molecule has 0 N–H and O–H groups in total. The summed E-state index contributed by atoms with van der Waals surface area (Å²) in [6.07, 6.45) is 0. The van der Waals surface area contributed by atoms with Crippen LogP contribution in [0.4, 0.5) is 0 Å². The van der Waals surface area contributed by atoms with Crippen molar-refractivity contribution in [1.82, 2.24) is 15.0 Å². The Bertz CT molecular complexity index is 2590. The van der Waals surface area contributed by atoms with Gasteiger partial charge in [0.15, 0.2) is 0 Å². The van der Waals surface area contributed by atoms with Crippen LogP contribution >= 0.6 is 0 Å². The first-order valence-corrected chi connectivity index (χ1v) is 17.3. The summed E-state index contributed by atoms with van der Waals surface area (Å²) in [6.45, 7) is 2.03. The highest BCUT2D eigenvalue weighted by molar-refractivity contribution is 6.09. The van der Waals surface area contributed by atoms with Gasteiger partial charge in [-0.3, -0.25) is 4.98 Å². The lowest BCUT2D eigenvalue weighted by atomic mass is 9.96. The van der Waals surface area contributed by atoms with E-state index in [0.717, 1.165) is 89.1 Å². The fourth-order valence-electron chi connectivity index (χ4n) is 6.87. The summed E-state index contributed by atoms with van der Waals surface area (Å²) in [6, 6.07) is 64.0. The molecule has 0 bridgehead atoms. The molecule has 9 aromatic rings. The van der Waals surface area contributed by atoms with E-state index in [1.54, 1.807) is 0 Å². The minimum Gasteiger partial charge on any atom is -0.251 e. The Hall–Kier alpha value is -6.71. The Morgan fingerprint density at radius 1 is 0.314 bits per heavy atom. The van der Waals surface area contributed by atoms with Gasteiger partial charge in [-0.1, -0.05) is 158 Å². The van der Waals surface area contributed by atoms with Crippen molar-refractivity contribution in [3.63, 3.8) is 0 Å². The minimum atomic E-state index is 0.924.